The van der Waals surface area contributed by atoms with Crippen molar-refractivity contribution in [2.24, 2.45) is 0 Å². The molecular formula is C22H28Cl6FO5P. The van der Waals surface area contributed by atoms with E-state index in [9.17, 15) is 4.20 Å². The van der Waals surface area contributed by atoms with Gasteiger partial charge in [0.25, 0.3) is 0 Å². The van der Waals surface area contributed by atoms with Crippen LogP contribution in [-0.4, -0.2) is 49.2 Å². The summed E-state index contributed by atoms with van der Waals surface area (Å²) in [6, 6.07) is 8.13. The number of hydrogen-bond donors (Lipinski definition) is 2. The van der Waals surface area contributed by atoms with Crippen molar-refractivity contribution in [2.75, 3.05) is 7.11 Å². The van der Waals surface area contributed by atoms with Gasteiger partial charge in [-0.2, -0.15) is 0 Å². The fourth-order valence-electron chi connectivity index (χ4n) is 3.27. The first-order valence-electron chi connectivity index (χ1n) is 10.5. The van der Waals surface area contributed by atoms with Crippen LogP contribution < -0.4 is 4.74 Å². The summed E-state index contributed by atoms with van der Waals surface area (Å²) in [5.74, 6) is 0.875. The van der Waals surface area contributed by atoms with E-state index in [-0.39, 0.29) is 5.60 Å². The van der Waals surface area contributed by atoms with Gasteiger partial charge in [0.15, 0.2) is 5.60 Å². The van der Waals surface area contributed by atoms with Crippen LogP contribution in [0.3, 0.4) is 0 Å². The van der Waals surface area contributed by atoms with E-state index in [4.69, 9.17) is 93.4 Å². The average molecular weight is 635 g/mol. The summed E-state index contributed by atoms with van der Waals surface area (Å²) in [4.78, 5) is 13.9. The first kappa shape index (κ1) is 33.1. The molecule has 0 saturated heterocycles. The number of alkyl halides is 6. The molecule has 1 aromatic rings. The number of methoxy groups -OCH3 is 1. The van der Waals surface area contributed by atoms with Gasteiger partial charge >= 0.3 is 7.91 Å². The van der Waals surface area contributed by atoms with Gasteiger partial charge in [0.1, 0.15) is 5.75 Å². The molecule has 1 atom stereocenters. The van der Waals surface area contributed by atoms with Gasteiger partial charge in [-0.05, 0) is 42.7 Å². The largest absolute Gasteiger partial charge is 0.507 e. The molecule has 0 unspecified atom stereocenters. The number of unbranched alkanes of at least 4 members (excludes halogenated alkanes) is 1. The van der Waals surface area contributed by atoms with Crippen molar-refractivity contribution < 1.29 is 28.0 Å². The van der Waals surface area contributed by atoms with Crippen LogP contribution >= 0.6 is 77.5 Å². The second-order valence-electron chi connectivity index (χ2n) is 7.67. The van der Waals surface area contributed by atoms with Crippen LogP contribution in [0.25, 0.3) is 0 Å². The predicted octanol–water partition coefficient (Wildman–Crippen LogP) is 7.87. The molecule has 200 valence electrons. The Morgan fingerprint density at radius 3 is 1.69 bits per heavy atom. The van der Waals surface area contributed by atoms with Crippen molar-refractivity contribution in [2.45, 2.75) is 64.0 Å². The molecule has 0 spiro atoms. The summed E-state index contributed by atoms with van der Waals surface area (Å²) in [5.41, 5.74) is 0.870. The lowest BCUT2D eigenvalue weighted by Gasteiger charge is -2.37. The summed E-state index contributed by atoms with van der Waals surface area (Å²) in [5, 5.41) is -2.62. The molecule has 5 nitrogen and oxygen atoms in total. The Morgan fingerprint density at radius 2 is 1.37 bits per heavy atom. The quantitative estimate of drug-likeness (QED) is 0.255. The minimum atomic E-state index is -5.14. The number of ether oxygens (including phenoxy) is 2. The topological polar surface area (TPSA) is 76.0 Å². The van der Waals surface area contributed by atoms with E-state index in [1.165, 1.54) is 12.0 Å². The van der Waals surface area contributed by atoms with Crippen molar-refractivity contribution in [1.82, 2.24) is 0 Å². The Bertz CT molecular complexity index is 804. The Hall–Kier alpha value is 0.120. The molecule has 1 aliphatic heterocycles. The van der Waals surface area contributed by atoms with Gasteiger partial charge in [0.05, 0.1) is 45.6 Å². The lowest BCUT2D eigenvalue weighted by Crippen LogP contribution is -2.52. The second kappa shape index (κ2) is 15.5. The summed E-state index contributed by atoms with van der Waals surface area (Å²) in [6.07, 6.45) is 11.2. The van der Waals surface area contributed by atoms with Crippen LogP contribution in [0.15, 0.2) is 48.8 Å². The van der Waals surface area contributed by atoms with E-state index < -0.39 is 40.2 Å². The normalized spacial score (nSPS) is 31.9. The molecule has 1 saturated carbocycles. The first-order valence-corrected chi connectivity index (χ1v) is 14.7. The van der Waals surface area contributed by atoms with Crippen molar-refractivity contribution in [3.05, 3.63) is 54.3 Å². The highest BCUT2D eigenvalue weighted by atomic mass is 35.5. The van der Waals surface area contributed by atoms with E-state index in [0.717, 1.165) is 18.6 Å². The summed E-state index contributed by atoms with van der Waals surface area (Å²) in [7, 11) is -3.46. The third-order valence-corrected chi connectivity index (χ3v) is 9.17. The monoisotopic (exact) mass is 632 g/mol. The maximum Gasteiger partial charge on any atom is 0.507 e. The van der Waals surface area contributed by atoms with Crippen molar-refractivity contribution in [3.8, 4) is 5.75 Å². The Balaban J connectivity index is 0.000000310. The van der Waals surface area contributed by atoms with Crippen molar-refractivity contribution in [3.63, 3.8) is 0 Å². The van der Waals surface area contributed by atoms with E-state index in [2.05, 4.69) is 31.2 Å². The lowest BCUT2D eigenvalue weighted by molar-refractivity contribution is 0.0514. The molecule has 2 aliphatic rings. The molecule has 0 aromatic heterocycles. The third kappa shape index (κ3) is 10.8. The zero-order chi connectivity index (χ0) is 26.8. The van der Waals surface area contributed by atoms with Gasteiger partial charge in [-0.15, -0.1) is 73.8 Å². The number of halogens is 7. The Kier molecular flexibility index (Phi) is 14.7. The fourth-order valence-corrected chi connectivity index (χ4v) is 5.60. The lowest BCUT2D eigenvalue weighted by atomic mass is 9.87. The molecule has 13 heteroatoms. The maximum absolute atomic E-state index is 10.4. The molecule has 2 N–H and O–H groups in total. The molecule has 0 amide bonds. The van der Waals surface area contributed by atoms with Gasteiger partial charge in [0.2, 0.25) is 0 Å². The van der Waals surface area contributed by atoms with E-state index in [1.54, 1.807) is 13.4 Å². The second-order valence-corrected chi connectivity index (χ2v) is 11.6. The summed E-state index contributed by atoms with van der Waals surface area (Å²) >= 11 is 35.3. The van der Waals surface area contributed by atoms with Crippen LogP contribution in [-0.2, 0) is 14.9 Å². The maximum atomic E-state index is 10.4. The van der Waals surface area contributed by atoms with Gasteiger partial charge in [-0.25, -0.2) is 4.57 Å². The number of allylic oxidation sites excluding steroid dienone is 2. The minimum Gasteiger partial charge on any atom is -0.497 e. The third-order valence-electron chi connectivity index (χ3n) is 5.14. The predicted molar refractivity (Wildman–Crippen MR) is 145 cm³/mol. The molecular weight excluding hydrogens is 607 g/mol. The molecule has 35 heavy (non-hydrogen) atoms. The minimum absolute atomic E-state index is 0.309. The zero-order valence-electron chi connectivity index (χ0n) is 18.9. The van der Waals surface area contributed by atoms with E-state index >= 15 is 0 Å². The molecule has 0 bridgehead atoms. The molecule has 1 aliphatic carbocycles. The van der Waals surface area contributed by atoms with Gasteiger partial charge in [-0.1, -0.05) is 31.6 Å². The van der Waals surface area contributed by atoms with Crippen LogP contribution in [0, 0.1) is 0 Å². The first-order chi connectivity index (χ1) is 16.3. The van der Waals surface area contributed by atoms with E-state index in [1.807, 2.05) is 18.2 Å². The average Bonchev–Trinajstić information content (AvgIpc) is 2.84. The highest BCUT2D eigenvalue weighted by Gasteiger charge is 2.46. The Morgan fingerprint density at radius 1 is 0.943 bits per heavy atom. The van der Waals surface area contributed by atoms with Crippen molar-refractivity contribution in [1.29, 1.82) is 0 Å². The molecule has 1 fully saturated rings. The smallest absolute Gasteiger partial charge is 0.497 e. The molecule has 0 radical (unpaired) electrons. The van der Waals surface area contributed by atoms with Crippen LogP contribution in [0.5, 0.6) is 5.75 Å². The summed E-state index contributed by atoms with van der Waals surface area (Å²) in [6.45, 7) is 2.20. The fraction of sp³-hybridized carbons (Fsp3) is 0.545. The van der Waals surface area contributed by atoms with Crippen LogP contribution in [0.2, 0.25) is 0 Å². The van der Waals surface area contributed by atoms with Crippen LogP contribution in [0.4, 0.5) is 4.20 Å². The Labute approximate surface area is 235 Å². The number of rotatable bonds is 5. The number of benzene rings is 1. The summed E-state index contributed by atoms with van der Waals surface area (Å²) < 4.78 is 30.1. The highest BCUT2D eigenvalue weighted by Crippen LogP contribution is 2.40. The van der Waals surface area contributed by atoms with Gasteiger partial charge < -0.3 is 9.47 Å². The van der Waals surface area contributed by atoms with Crippen LogP contribution in [0.1, 0.15) is 31.7 Å². The van der Waals surface area contributed by atoms with Gasteiger partial charge in [0, 0.05) is 0 Å². The van der Waals surface area contributed by atoms with Crippen molar-refractivity contribution >= 4 is 77.5 Å². The zero-order valence-corrected chi connectivity index (χ0v) is 24.3. The highest BCUT2D eigenvalue weighted by molar-refractivity contribution is 7.45. The standard InChI is InChI=1S/C16H20O2.C6H6Cl6.FH2O3P/c1-3-4-11-16(12-5-6-13-18-16)14-7-9-15(17-2)10-8-14;7-1-2(8)4(10)6(12)5(11)3(1)9;1-5(2,3)4/h5-10,12-13H,3-4,11H2,1-2H3;1-6H;(H2,2,3,4)/t16-;;/m0../s1. The molecule has 1 heterocycles. The van der Waals surface area contributed by atoms with E-state index in [0.29, 0.717) is 0 Å². The molecule has 1 aromatic carbocycles. The molecule has 3 rings (SSSR count). The number of hydrogen-bond acceptors (Lipinski definition) is 3. The van der Waals surface area contributed by atoms with Gasteiger partial charge in [-0.3, -0.25) is 9.79 Å². The SMILES string of the molecule is CCCC[C@@]1(c2ccc(OC)cc2)C=CC=CO1.ClC1C(Cl)C(Cl)C(Cl)C(Cl)C1Cl.O=P(O)(O)F.